The van der Waals surface area contributed by atoms with E-state index in [0.717, 1.165) is 11.1 Å². The van der Waals surface area contributed by atoms with Gasteiger partial charge in [0.1, 0.15) is 12.4 Å². The molecule has 3 rings (SSSR count). The first-order chi connectivity index (χ1) is 16.4. The van der Waals surface area contributed by atoms with Crippen LogP contribution in [0.2, 0.25) is 0 Å². The molecule has 0 atom stereocenters. The van der Waals surface area contributed by atoms with Crippen LogP contribution >= 0.6 is 0 Å². The predicted octanol–water partition coefficient (Wildman–Crippen LogP) is 2.66. The average Bonchev–Trinajstić information content (AvgIpc) is 2.87. The van der Waals surface area contributed by atoms with Gasteiger partial charge in [-0.15, -0.1) is 0 Å². The minimum absolute atomic E-state index is 0.00117. The highest BCUT2D eigenvalue weighted by atomic mass is 32.2. The number of hydrogen-bond acceptors (Lipinski definition) is 7. The van der Waals surface area contributed by atoms with Gasteiger partial charge in [-0.2, -0.15) is 0 Å². The van der Waals surface area contributed by atoms with E-state index < -0.39 is 10.0 Å². The molecule has 3 aromatic rings. The molecule has 34 heavy (non-hydrogen) atoms. The summed E-state index contributed by atoms with van der Waals surface area (Å²) in [7, 11) is -0.902. The van der Waals surface area contributed by atoms with Crippen molar-refractivity contribution in [3.05, 3.63) is 78.1 Å². The fraction of sp³-hybridized carbons (Fsp3) is 0.250. The van der Waals surface area contributed by atoms with Gasteiger partial charge in [-0.25, -0.2) is 13.1 Å². The molecule has 0 aliphatic carbocycles. The normalized spacial score (nSPS) is 11.0. The molecule has 0 spiro atoms. The highest BCUT2D eigenvalue weighted by Crippen LogP contribution is 2.29. The van der Waals surface area contributed by atoms with E-state index in [1.165, 1.54) is 32.4 Å². The van der Waals surface area contributed by atoms with Gasteiger partial charge in [-0.05, 0) is 35.9 Å². The first kappa shape index (κ1) is 25.0. The molecule has 0 saturated heterocycles. The zero-order chi connectivity index (χ0) is 24.4. The molecular formula is C24H27N3O6S. The standard InChI is InChI=1S/C24H27N3O6S/c1-31-22-10-9-21(14-23(22)32-2)34(29,30)27-13-11-24(28)26-16-18-5-7-20(8-6-18)33-17-19-4-3-12-25-15-19/h3-10,12,14-15,27H,11,13,16-17H2,1-2H3,(H,26,28). The summed E-state index contributed by atoms with van der Waals surface area (Å²) in [5.41, 5.74) is 1.87. The molecule has 2 aromatic carbocycles. The van der Waals surface area contributed by atoms with Gasteiger partial charge in [-0.1, -0.05) is 18.2 Å². The van der Waals surface area contributed by atoms with E-state index in [1.807, 2.05) is 36.4 Å². The van der Waals surface area contributed by atoms with Crippen molar-refractivity contribution >= 4 is 15.9 Å². The lowest BCUT2D eigenvalue weighted by Gasteiger charge is -2.11. The first-order valence-electron chi connectivity index (χ1n) is 10.5. The second kappa shape index (κ2) is 12.0. The topological polar surface area (TPSA) is 116 Å². The molecule has 2 N–H and O–H groups in total. The Bertz CT molecular complexity index is 1190. The van der Waals surface area contributed by atoms with Gasteiger partial charge in [0.2, 0.25) is 15.9 Å². The van der Waals surface area contributed by atoms with Gasteiger partial charge in [0.15, 0.2) is 11.5 Å². The highest BCUT2D eigenvalue weighted by molar-refractivity contribution is 7.89. The van der Waals surface area contributed by atoms with Crippen molar-refractivity contribution in [2.75, 3.05) is 20.8 Å². The van der Waals surface area contributed by atoms with E-state index in [1.54, 1.807) is 12.4 Å². The molecule has 1 heterocycles. The highest BCUT2D eigenvalue weighted by Gasteiger charge is 2.17. The Morgan fingerprint density at radius 3 is 2.41 bits per heavy atom. The van der Waals surface area contributed by atoms with Crippen LogP contribution in [0.25, 0.3) is 0 Å². The number of methoxy groups -OCH3 is 2. The van der Waals surface area contributed by atoms with Crippen molar-refractivity contribution in [3.63, 3.8) is 0 Å². The number of carbonyl (C=O) groups is 1. The van der Waals surface area contributed by atoms with Gasteiger partial charge in [0.25, 0.3) is 0 Å². The van der Waals surface area contributed by atoms with E-state index in [2.05, 4.69) is 15.0 Å². The average molecular weight is 486 g/mol. The molecule has 180 valence electrons. The Balaban J connectivity index is 1.42. The van der Waals surface area contributed by atoms with Crippen LogP contribution in [0, 0.1) is 0 Å². The second-order valence-electron chi connectivity index (χ2n) is 7.24. The maximum absolute atomic E-state index is 12.5. The number of ether oxygens (including phenoxy) is 3. The van der Waals surface area contributed by atoms with Crippen molar-refractivity contribution in [2.45, 2.75) is 24.5 Å². The summed E-state index contributed by atoms with van der Waals surface area (Å²) >= 11 is 0. The Kier molecular flexibility index (Phi) is 8.83. The van der Waals surface area contributed by atoms with Crippen LogP contribution in [0.5, 0.6) is 17.2 Å². The molecular weight excluding hydrogens is 458 g/mol. The van der Waals surface area contributed by atoms with Crippen LogP contribution in [0.3, 0.4) is 0 Å². The molecule has 0 radical (unpaired) electrons. The minimum atomic E-state index is -3.79. The third-order valence-corrected chi connectivity index (χ3v) is 6.31. The quantitative estimate of drug-likeness (QED) is 0.405. The Morgan fingerprint density at radius 2 is 1.74 bits per heavy atom. The SMILES string of the molecule is COc1ccc(S(=O)(=O)NCCC(=O)NCc2ccc(OCc3cccnc3)cc2)cc1OC. The summed E-state index contributed by atoms with van der Waals surface area (Å²) in [4.78, 5) is 16.2. The number of sulfonamides is 1. The zero-order valence-electron chi connectivity index (χ0n) is 19.0. The molecule has 0 aliphatic rings. The first-order valence-corrected chi connectivity index (χ1v) is 12.0. The molecule has 0 unspecified atom stereocenters. The second-order valence-corrected chi connectivity index (χ2v) is 9.00. The van der Waals surface area contributed by atoms with Crippen LogP contribution < -0.4 is 24.2 Å². The number of nitrogens with zero attached hydrogens (tertiary/aromatic N) is 1. The van der Waals surface area contributed by atoms with E-state index in [-0.39, 0.29) is 23.8 Å². The summed E-state index contributed by atoms with van der Waals surface area (Å²) in [5.74, 6) is 1.17. The largest absolute Gasteiger partial charge is 0.493 e. The zero-order valence-corrected chi connectivity index (χ0v) is 19.8. The number of benzene rings is 2. The minimum Gasteiger partial charge on any atom is -0.493 e. The molecule has 9 nitrogen and oxygen atoms in total. The summed E-state index contributed by atoms with van der Waals surface area (Å²) in [6.45, 7) is 0.705. The van der Waals surface area contributed by atoms with Crippen molar-refractivity contribution in [3.8, 4) is 17.2 Å². The number of carbonyl (C=O) groups excluding carboxylic acids is 1. The molecule has 0 bridgehead atoms. The summed E-state index contributed by atoms with van der Waals surface area (Å²) in [6, 6.07) is 15.5. The van der Waals surface area contributed by atoms with Crippen LogP contribution in [0.1, 0.15) is 17.5 Å². The number of amides is 1. The lowest BCUT2D eigenvalue weighted by molar-refractivity contribution is -0.121. The van der Waals surface area contributed by atoms with E-state index in [0.29, 0.717) is 30.4 Å². The third kappa shape index (κ3) is 7.19. The van der Waals surface area contributed by atoms with Gasteiger partial charge < -0.3 is 19.5 Å². The Labute approximate surface area is 199 Å². The van der Waals surface area contributed by atoms with Crippen LogP contribution in [0.4, 0.5) is 0 Å². The number of pyridine rings is 1. The van der Waals surface area contributed by atoms with Gasteiger partial charge >= 0.3 is 0 Å². The molecule has 1 aromatic heterocycles. The van der Waals surface area contributed by atoms with E-state index >= 15 is 0 Å². The lowest BCUT2D eigenvalue weighted by Crippen LogP contribution is -2.30. The molecule has 0 saturated carbocycles. The predicted molar refractivity (Wildman–Crippen MR) is 126 cm³/mol. The summed E-state index contributed by atoms with van der Waals surface area (Å²) in [6.07, 6.45) is 3.45. The van der Waals surface area contributed by atoms with E-state index in [4.69, 9.17) is 14.2 Å². The third-order valence-electron chi connectivity index (χ3n) is 4.85. The smallest absolute Gasteiger partial charge is 0.240 e. The number of rotatable bonds is 12. The van der Waals surface area contributed by atoms with Gasteiger partial charge in [-0.3, -0.25) is 9.78 Å². The van der Waals surface area contributed by atoms with Crippen LogP contribution in [-0.2, 0) is 28.0 Å². The van der Waals surface area contributed by atoms with Crippen molar-refractivity contribution in [1.82, 2.24) is 15.0 Å². The number of hydrogen-bond donors (Lipinski definition) is 2. The summed E-state index contributed by atoms with van der Waals surface area (Å²) < 4.78 is 43.4. The maximum atomic E-state index is 12.5. The summed E-state index contributed by atoms with van der Waals surface area (Å²) in [5, 5.41) is 2.78. The lowest BCUT2D eigenvalue weighted by atomic mass is 10.2. The van der Waals surface area contributed by atoms with Crippen molar-refractivity contribution in [2.24, 2.45) is 0 Å². The van der Waals surface area contributed by atoms with Gasteiger partial charge in [0, 0.05) is 43.5 Å². The van der Waals surface area contributed by atoms with Crippen LogP contribution in [-0.4, -0.2) is 40.1 Å². The fourth-order valence-corrected chi connectivity index (χ4v) is 4.06. The molecule has 10 heteroatoms. The monoisotopic (exact) mass is 485 g/mol. The number of nitrogens with one attached hydrogen (secondary N) is 2. The number of aromatic nitrogens is 1. The Hall–Kier alpha value is -3.63. The molecule has 0 aliphatic heterocycles. The molecule has 1 amide bonds. The Morgan fingerprint density at radius 1 is 0.971 bits per heavy atom. The molecule has 0 fully saturated rings. The fourth-order valence-electron chi connectivity index (χ4n) is 3.01. The van der Waals surface area contributed by atoms with Crippen molar-refractivity contribution < 1.29 is 27.4 Å². The van der Waals surface area contributed by atoms with Crippen LogP contribution in [0.15, 0.2) is 71.9 Å². The van der Waals surface area contributed by atoms with Crippen molar-refractivity contribution in [1.29, 1.82) is 0 Å². The van der Waals surface area contributed by atoms with E-state index in [9.17, 15) is 13.2 Å². The van der Waals surface area contributed by atoms with Gasteiger partial charge in [0.05, 0.1) is 19.1 Å². The maximum Gasteiger partial charge on any atom is 0.240 e.